The first-order valence-electron chi connectivity index (χ1n) is 5.59. The van der Waals surface area contributed by atoms with E-state index in [2.05, 4.69) is 22.1 Å². The highest BCUT2D eigenvalue weighted by atomic mass is 32.2. The molecule has 1 aromatic heterocycles. The monoisotopic (exact) mass is 272 g/mol. The van der Waals surface area contributed by atoms with Crippen LogP contribution in [-0.2, 0) is 16.6 Å². The van der Waals surface area contributed by atoms with Crippen molar-refractivity contribution in [2.75, 3.05) is 20.6 Å². The van der Waals surface area contributed by atoms with Crippen LogP contribution in [0.1, 0.15) is 18.3 Å². The number of rotatable bonds is 6. The van der Waals surface area contributed by atoms with Crippen LogP contribution in [0.5, 0.6) is 0 Å². The Labute approximate surface area is 108 Å². The van der Waals surface area contributed by atoms with E-state index >= 15 is 0 Å². The molecule has 0 radical (unpaired) electrons. The maximum atomic E-state index is 12.4. The highest BCUT2D eigenvalue weighted by Crippen LogP contribution is 2.21. The van der Waals surface area contributed by atoms with E-state index in [4.69, 9.17) is 0 Å². The maximum absolute atomic E-state index is 12.4. The number of nitrogens with zero attached hydrogens (tertiary/aromatic N) is 2. The van der Waals surface area contributed by atoms with E-state index in [9.17, 15) is 8.42 Å². The van der Waals surface area contributed by atoms with Gasteiger partial charge in [-0.15, -0.1) is 0 Å². The molecule has 0 fully saturated rings. The van der Waals surface area contributed by atoms with Gasteiger partial charge in [0.2, 0.25) is 10.0 Å². The van der Waals surface area contributed by atoms with E-state index in [0.29, 0.717) is 24.5 Å². The summed E-state index contributed by atoms with van der Waals surface area (Å²) in [7, 11) is -0.246. The molecule has 0 aliphatic heterocycles. The quantitative estimate of drug-likeness (QED) is 0.745. The summed E-state index contributed by atoms with van der Waals surface area (Å²) in [6.45, 7) is 7.93. The van der Waals surface area contributed by atoms with Gasteiger partial charge < -0.3 is 5.32 Å². The molecule has 0 bridgehead atoms. The molecule has 0 amide bonds. The lowest BCUT2D eigenvalue weighted by Crippen LogP contribution is -2.29. The van der Waals surface area contributed by atoms with Crippen molar-refractivity contribution in [1.29, 1.82) is 0 Å². The van der Waals surface area contributed by atoms with Crippen LogP contribution in [0, 0.1) is 6.92 Å². The summed E-state index contributed by atoms with van der Waals surface area (Å²) in [6, 6.07) is 0. The van der Waals surface area contributed by atoms with Crippen LogP contribution in [0.4, 0.5) is 0 Å². The Balaban J connectivity index is 3.19. The van der Waals surface area contributed by atoms with E-state index in [1.807, 2.05) is 0 Å². The summed E-state index contributed by atoms with van der Waals surface area (Å²) in [5, 5.41) is 9.64. The lowest BCUT2D eigenvalue weighted by atomic mass is 10.3. The molecule has 0 saturated carbocycles. The molecule has 0 saturated heterocycles. The first-order valence-corrected chi connectivity index (χ1v) is 7.03. The molecule has 0 atom stereocenters. The fraction of sp³-hybridized carbons (Fsp3) is 0.545. The van der Waals surface area contributed by atoms with E-state index in [0.717, 1.165) is 5.57 Å². The molecule has 0 unspecified atom stereocenters. The van der Waals surface area contributed by atoms with Gasteiger partial charge in [0.1, 0.15) is 4.90 Å². The summed E-state index contributed by atoms with van der Waals surface area (Å²) in [5.74, 6) is 0. The number of nitrogens with one attached hydrogen (secondary N) is 2. The van der Waals surface area contributed by atoms with Gasteiger partial charge in [-0.2, -0.15) is 9.40 Å². The Morgan fingerprint density at radius 2 is 2.17 bits per heavy atom. The third kappa shape index (κ3) is 2.98. The van der Waals surface area contributed by atoms with Gasteiger partial charge in [0, 0.05) is 20.1 Å². The van der Waals surface area contributed by atoms with Crippen LogP contribution < -0.4 is 5.32 Å². The minimum absolute atomic E-state index is 0.251. The molecule has 0 spiro atoms. The fourth-order valence-corrected chi connectivity index (χ4v) is 3.27. The number of likely N-dealkylation sites (N-methyl/N-ethyl adjacent to an activating group) is 1. The third-order valence-electron chi connectivity index (χ3n) is 2.47. The number of aryl methyl sites for hydroxylation is 1. The largest absolute Gasteiger partial charge is 0.314 e. The second kappa shape index (κ2) is 5.64. The Hall–Kier alpha value is -1.18. The fourth-order valence-electron chi connectivity index (χ4n) is 1.72. The summed E-state index contributed by atoms with van der Waals surface area (Å²) in [4.78, 5) is 0.251. The zero-order valence-electron chi connectivity index (χ0n) is 11.2. The van der Waals surface area contributed by atoms with Crippen LogP contribution >= 0.6 is 0 Å². The maximum Gasteiger partial charge on any atom is 0.246 e. The van der Waals surface area contributed by atoms with E-state index < -0.39 is 10.0 Å². The zero-order chi connectivity index (χ0) is 13.9. The third-order valence-corrected chi connectivity index (χ3v) is 4.47. The number of aromatic amines is 1. The van der Waals surface area contributed by atoms with Gasteiger partial charge >= 0.3 is 0 Å². The molecule has 1 aromatic rings. The summed E-state index contributed by atoms with van der Waals surface area (Å²) < 4.78 is 26.2. The highest BCUT2D eigenvalue weighted by molar-refractivity contribution is 7.89. The topological polar surface area (TPSA) is 78.1 Å². The molecule has 1 heterocycles. The standard InChI is InChI=1S/C11H20N4O2S/c1-8(2)7-15(5)18(16,17)11-9(3)13-14-10(11)6-12-4/h12H,1,6-7H2,2-5H3,(H,13,14). The second-order valence-electron chi connectivity index (χ2n) is 4.37. The Morgan fingerprint density at radius 1 is 1.56 bits per heavy atom. The summed E-state index contributed by atoms with van der Waals surface area (Å²) in [6.07, 6.45) is 0. The summed E-state index contributed by atoms with van der Waals surface area (Å²) >= 11 is 0. The number of H-pyrrole nitrogens is 1. The molecule has 2 N–H and O–H groups in total. The molecular formula is C11H20N4O2S. The van der Waals surface area contributed by atoms with Gasteiger partial charge in [0.15, 0.2) is 0 Å². The number of hydrogen-bond donors (Lipinski definition) is 2. The van der Waals surface area contributed by atoms with Crippen molar-refractivity contribution in [1.82, 2.24) is 19.8 Å². The van der Waals surface area contributed by atoms with Crippen LogP contribution in [0.3, 0.4) is 0 Å². The molecular weight excluding hydrogens is 252 g/mol. The Morgan fingerprint density at radius 3 is 2.67 bits per heavy atom. The predicted molar refractivity (Wildman–Crippen MR) is 70.7 cm³/mol. The Kier molecular flexibility index (Phi) is 4.66. The molecule has 1 rings (SSSR count). The van der Waals surface area contributed by atoms with Gasteiger partial charge in [-0.1, -0.05) is 12.2 Å². The molecule has 6 nitrogen and oxygen atoms in total. The van der Waals surface area contributed by atoms with E-state index in [-0.39, 0.29) is 4.90 Å². The Bertz CT molecular complexity index is 533. The molecule has 18 heavy (non-hydrogen) atoms. The van der Waals surface area contributed by atoms with Crippen molar-refractivity contribution in [2.24, 2.45) is 0 Å². The lowest BCUT2D eigenvalue weighted by molar-refractivity contribution is 0.491. The van der Waals surface area contributed by atoms with Gasteiger partial charge in [-0.25, -0.2) is 8.42 Å². The van der Waals surface area contributed by atoms with Crippen molar-refractivity contribution in [3.05, 3.63) is 23.5 Å². The van der Waals surface area contributed by atoms with Crippen molar-refractivity contribution in [3.8, 4) is 0 Å². The molecule has 0 aromatic carbocycles. The van der Waals surface area contributed by atoms with Gasteiger partial charge in [-0.3, -0.25) is 5.10 Å². The number of aromatic nitrogens is 2. The zero-order valence-corrected chi connectivity index (χ0v) is 12.1. The smallest absolute Gasteiger partial charge is 0.246 e. The molecule has 0 aliphatic carbocycles. The van der Waals surface area contributed by atoms with E-state index in [1.54, 1.807) is 27.9 Å². The SMILES string of the molecule is C=C(C)CN(C)S(=O)(=O)c1c(CNC)n[nH]c1C. The average molecular weight is 272 g/mol. The normalized spacial score (nSPS) is 12.1. The first-order chi connectivity index (χ1) is 8.30. The van der Waals surface area contributed by atoms with Crippen LogP contribution in [0.25, 0.3) is 0 Å². The minimum Gasteiger partial charge on any atom is -0.314 e. The van der Waals surface area contributed by atoms with Crippen molar-refractivity contribution in [3.63, 3.8) is 0 Å². The van der Waals surface area contributed by atoms with Crippen molar-refractivity contribution < 1.29 is 8.42 Å². The number of sulfonamides is 1. The van der Waals surface area contributed by atoms with E-state index in [1.165, 1.54) is 4.31 Å². The predicted octanol–water partition coefficient (Wildman–Crippen LogP) is 0.634. The van der Waals surface area contributed by atoms with Crippen molar-refractivity contribution in [2.45, 2.75) is 25.3 Å². The molecule has 7 heteroatoms. The highest BCUT2D eigenvalue weighted by Gasteiger charge is 2.28. The van der Waals surface area contributed by atoms with Gasteiger partial charge in [0.25, 0.3) is 0 Å². The average Bonchev–Trinajstić information content (AvgIpc) is 2.59. The molecule has 102 valence electrons. The second-order valence-corrected chi connectivity index (χ2v) is 6.35. The first kappa shape index (κ1) is 14.9. The van der Waals surface area contributed by atoms with Gasteiger partial charge in [0.05, 0.1) is 11.4 Å². The van der Waals surface area contributed by atoms with Crippen LogP contribution in [0.2, 0.25) is 0 Å². The van der Waals surface area contributed by atoms with Crippen LogP contribution in [0.15, 0.2) is 17.0 Å². The molecule has 0 aliphatic rings. The van der Waals surface area contributed by atoms with Crippen molar-refractivity contribution >= 4 is 10.0 Å². The summed E-state index contributed by atoms with van der Waals surface area (Å²) in [5.41, 5.74) is 1.84. The minimum atomic E-state index is -3.54. The van der Waals surface area contributed by atoms with Gasteiger partial charge in [-0.05, 0) is 20.9 Å². The lowest BCUT2D eigenvalue weighted by Gasteiger charge is -2.17. The van der Waals surface area contributed by atoms with Crippen LogP contribution in [-0.4, -0.2) is 43.6 Å². The number of hydrogen-bond acceptors (Lipinski definition) is 4.